The van der Waals surface area contributed by atoms with Crippen molar-refractivity contribution in [3.8, 4) is 0 Å². The van der Waals surface area contributed by atoms with Gasteiger partial charge in [-0.3, -0.25) is 9.59 Å². The molecule has 0 atom stereocenters. The molecular formula is C20H21ClN2O4. The second-order valence-corrected chi connectivity index (χ2v) is 6.72. The lowest BCUT2D eigenvalue weighted by Gasteiger charge is -2.23. The molecule has 0 saturated heterocycles. The van der Waals surface area contributed by atoms with Crippen molar-refractivity contribution in [1.29, 1.82) is 0 Å². The van der Waals surface area contributed by atoms with Crippen LogP contribution in [-0.4, -0.2) is 24.4 Å². The predicted molar refractivity (Wildman–Crippen MR) is 105 cm³/mol. The fraction of sp³-hybridized carbons (Fsp3) is 0.250. The van der Waals surface area contributed by atoms with E-state index in [4.69, 9.17) is 16.3 Å². The van der Waals surface area contributed by atoms with E-state index in [1.807, 2.05) is 0 Å². The third-order valence-corrected chi connectivity index (χ3v) is 4.24. The molecule has 2 N–H and O–H groups in total. The van der Waals surface area contributed by atoms with Crippen molar-refractivity contribution in [3.05, 3.63) is 59.1 Å². The van der Waals surface area contributed by atoms with Crippen LogP contribution in [0.5, 0.6) is 0 Å². The van der Waals surface area contributed by atoms with Crippen LogP contribution >= 0.6 is 11.6 Å². The molecule has 0 radical (unpaired) electrons. The first-order valence-corrected chi connectivity index (χ1v) is 8.78. The lowest BCUT2D eigenvalue weighted by molar-refractivity contribution is -0.135. The fourth-order valence-corrected chi connectivity index (χ4v) is 2.32. The van der Waals surface area contributed by atoms with Crippen LogP contribution in [0.1, 0.15) is 31.1 Å². The first-order chi connectivity index (χ1) is 12.8. The SMILES string of the molecule is CCOC(=O)c1ccc(NC(=O)C(C)(C)C(=O)Nc2ccccc2Cl)cc1. The Labute approximate surface area is 162 Å². The summed E-state index contributed by atoms with van der Waals surface area (Å²) in [5.74, 6) is -1.41. The van der Waals surface area contributed by atoms with E-state index in [9.17, 15) is 14.4 Å². The van der Waals surface area contributed by atoms with Crippen LogP contribution in [-0.2, 0) is 14.3 Å². The molecule has 7 heteroatoms. The number of halogens is 1. The lowest BCUT2D eigenvalue weighted by atomic mass is 9.90. The van der Waals surface area contributed by atoms with Gasteiger partial charge in [-0.1, -0.05) is 23.7 Å². The van der Waals surface area contributed by atoms with Gasteiger partial charge >= 0.3 is 5.97 Å². The number of ether oxygens (including phenoxy) is 1. The number of hydrogen-bond donors (Lipinski definition) is 2. The van der Waals surface area contributed by atoms with E-state index in [-0.39, 0.29) is 6.61 Å². The largest absolute Gasteiger partial charge is 0.462 e. The van der Waals surface area contributed by atoms with Gasteiger partial charge in [0.1, 0.15) is 5.41 Å². The van der Waals surface area contributed by atoms with Crippen LogP contribution in [0.2, 0.25) is 5.02 Å². The van der Waals surface area contributed by atoms with Crippen LogP contribution in [0.15, 0.2) is 48.5 Å². The van der Waals surface area contributed by atoms with E-state index in [0.717, 1.165) is 0 Å². The quantitative estimate of drug-likeness (QED) is 0.575. The van der Waals surface area contributed by atoms with Gasteiger partial charge < -0.3 is 15.4 Å². The predicted octanol–water partition coefficient (Wildman–Crippen LogP) is 4.12. The van der Waals surface area contributed by atoms with Gasteiger partial charge in [-0.2, -0.15) is 0 Å². The summed E-state index contributed by atoms with van der Waals surface area (Å²) in [5, 5.41) is 5.72. The molecule has 0 fully saturated rings. The van der Waals surface area contributed by atoms with Crippen molar-refractivity contribution in [2.75, 3.05) is 17.2 Å². The van der Waals surface area contributed by atoms with E-state index in [0.29, 0.717) is 22.0 Å². The number of anilines is 2. The number of carbonyl (C=O) groups excluding carboxylic acids is 3. The molecule has 2 amide bonds. The van der Waals surface area contributed by atoms with E-state index >= 15 is 0 Å². The molecule has 2 aromatic rings. The fourth-order valence-electron chi connectivity index (χ4n) is 2.14. The van der Waals surface area contributed by atoms with E-state index in [1.54, 1.807) is 55.5 Å². The zero-order valence-electron chi connectivity index (χ0n) is 15.3. The zero-order valence-corrected chi connectivity index (χ0v) is 16.1. The molecule has 0 aliphatic rings. The van der Waals surface area contributed by atoms with Crippen molar-refractivity contribution in [2.24, 2.45) is 5.41 Å². The Morgan fingerprint density at radius 2 is 1.56 bits per heavy atom. The van der Waals surface area contributed by atoms with Gasteiger partial charge in [0, 0.05) is 5.69 Å². The van der Waals surface area contributed by atoms with Gasteiger partial charge in [0.15, 0.2) is 0 Å². The zero-order chi connectivity index (χ0) is 20.0. The molecule has 0 aliphatic heterocycles. The first kappa shape index (κ1) is 20.5. The van der Waals surface area contributed by atoms with Gasteiger partial charge in [-0.25, -0.2) is 4.79 Å². The van der Waals surface area contributed by atoms with Crippen molar-refractivity contribution >= 4 is 40.8 Å². The van der Waals surface area contributed by atoms with E-state index in [2.05, 4.69) is 10.6 Å². The molecule has 0 spiro atoms. The Morgan fingerprint density at radius 3 is 2.15 bits per heavy atom. The minimum atomic E-state index is -1.35. The monoisotopic (exact) mass is 388 g/mol. The van der Waals surface area contributed by atoms with Crippen LogP contribution < -0.4 is 10.6 Å². The first-order valence-electron chi connectivity index (χ1n) is 8.40. The summed E-state index contributed by atoms with van der Waals surface area (Å²) in [7, 11) is 0. The van der Waals surface area contributed by atoms with E-state index < -0.39 is 23.2 Å². The maximum Gasteiger partial charge on any atom is 0.338 e. The maximum atomic E-state index is 12.6. The molecule has 0 saturated carbocycles. The number of hydrogen-bond acceptors (Lipinski definition) is 4. The molecule has 0 bridgehead atoms. The van der Waals surface area contributed by atoms with Crippen LogP contribution in [0.3, 0.4) is 0 Å². The number of rotatable bonds is 6. The third kappa shape index (κ3) is 5.08. The summed E-state index contributed by atoms with van der Waals surface area (Å²) in [6.07, 6.45) is 0. The van der Waals surface area contributed by atoms with Crippen molar-refractivity contribution in [1.82, 2.24) is 0 Å². The summed E-state index contributed by atoms with van der Waals surface area (Å²) >= 11 is 6.04. The van der Waals surface area contributed by atoms with Gasteiger partial charge in [0.05, 0.1) is 22.9 Å². The Bertz CT molecular complexity index is 847. The maximum absolute atomic E-state index is 12.6. The van der Waals surface area contributed by atoms with Gasteiger partial charge in [-0.15, -0.1) is 0 Å². The van der Waals surface area contributed by atoms with E-state index in [1.165, 1.54) is 13.8 Å². The average molecular weight is 389 g/mol. The Hall–Kier alpha value is -2.86. The third-order valence-electron chi connectivity index (χ3n) is 3.91. The molecular weight excluding hydrogens is 368 g/mol. The highest BCUT2D eigenvalue weighted by Gasteiger charge is 2.36. The molecule has 0 aliphatic carbocycles. The lowest BCUT2D eigenvalue weighted by Crippen LogP contribution is -2.41. The summed E-state index contributed by atoms with van der Waals surface area (Å²) in [4.78, 5) is 36.8. The highest BCUT2D eigenvalue weighted by molar-refractivity contribution is 6.34. The summed E-state index contributed by atoms with van der Waals surface area (Å²) in [6.45, 7) is 5.04. The second-order valence-electron chi connectivity index (χ2n) is 6.31. The smallest absolute Gasteiger partial charge is 0.338 e. The average Bonchev–Trinajstić information content (AvgIpc) is 2.64. The topological polar surface area (TPSA) is 84.5 Å². The Kier molecular flexibility index (Phi) is 6.58. The number of para-hydroxylation sites is 1. The van der Waals surface area contributed by atoms with Crippen LogP contribution in [0, 0.1) is 5.41 Å². The van der Waals surface area contributed by atoms with Gasteiger partial charge in [-0.05, 0) is 57.2 Å². The number of nitrogens with one attached hydrogen (secondary N) is 2. The Balaban J connectivity index is 2.06. The summed E-state index contributed by atoms with van der Waals surface area (Å²) in [6, 6.07) is 13.0. The van der Waals surface area contributed by atoms with Crippen LogP contribution in [0.4, 0.5) is 11.4 Å². The molecule has 0 aromatic heterocycles. The van der Waals surface area contributed by atoms with Crippen molar-refractivity contribution < 1.29 is 19.1 Å². The number of amides is 2. The second kappa shape index (κ2) is 8.68. The number of benzene rings is 2. The molecule has 142 valence electrons. The molecule has 6 nitrogen and oxygen atoms in total. The minimum Gasteiger partial charge on any atom is -0.462 e. The Morgan fingerprint density at radius 1 is 0.963 bits per heavy atom. The standard InChI is InChI=1S/C20H21ClN2O4/c1-4-27-17(24)13-9-11-14(12-10-13)22-18(25)20(2,3)19(26)23-16-8-6-5-7-15(16)21/h5-12H,4H2,1-3H3,(H,22,25)(H,23,26). The molecule has 0 unspecified atom stereocenters. The molecule has 2 rings (SSSR count). The summed E-state index contributed by atoms with van der Waals surface area (Å²) < 4.78 is 4.91. The summed E-state index contributed by atoms with van der Waals surface area (Å²) in [5.41, 5.74) is -0.0695. The number of carbonyl (C=O) groups is 3. The highest BCUT2D eigenvalue weighted by atomic mass is 35.5. The van der Waals surface area contributed by atoms with Gasteiger partial charge in [0.25, 0.3) is 0 Å². The highest BCUT2D eigenvalue weighted by Crippen LogP contribution is 2.25. The van der Waals surface area contributed by atoms with Crippen LogP contribution in [0.25, 0.3) is 0 Å². The normalized spacial score (nSPS) is 10.8. The van der Waals surface area contributed by atoms with Crippen molar-refractivity contribution in [2.45, 2.75) is 20.8 Å². The van der Waals surface area contributed by atoms with Crippen molar-refractivity contribution in [3.63, 3.8) is 0 Å². The molecule has 2 aromatic carbocycles. The molecule has 27 heavy (non-hydrogen) atoms. The minimum absolute atomic E-state index is 0.284. The number of esters is 1. The molecule has 0 heterocycles. The van der Waals surface area contributed by atoms with Gasteiger partial charge in [0.2, 0.25) is 11.8 Å².